The highest BCUT2D eigenvalue weighted by Crippen LogP contribution is 2.23. The second-order valence-corrected chi connectivity index (χ2v) is 9.02. The SMILES string of the molecule is CCCCCCCC[N+](C)(C)CCOC(=O)C(C)c1ccc(C(C)CC)cc1.[Br-]. The van der Waals surface area contributed by atoms with Crippen LogP contribution in [0.15, 0.2) is 24.3 Å². The van der Waals surface area contributed by atoms with Crippen LogP contribution in [0.4, 0.5) is 0 Å². The lowest BCUT2D eigenvalue weighted by Crippen LogP contribution is -3.00. The van der Waals surface area contributed by atoms with Crippen molar-refractivity contribution in [1.29, 1.82) is 0 Å². The molecule has 1 aromatic rings. The van der Waals surface area contributed by atoms with E-state index in [1.165, 1.54) is 44.1 Å². The zero-order valence-electron chi connectivity index (χ0n) is 19.7. The molecule has 2 unspecified atom stereocenters. The van der Waals surface area contributed by atoms with Crippen LogP contribution in [0.5, 0.6) is 0 Å². The van der Waals surface area contributed by atoms with Crippen molar-refractivity contribution in [3.05, 3.63) is 35.4 Å². The standard InChI is InChI=1S/C25H44NO2.BrH/c1-7-9-10-11-12-13-18-26(5,6)19-20-28-25(27)22(4)24-16-14-23(15-17-24)21(3)8-2;/h14-17,21-22H,7-13,18-20H2,1-6H3;1H/q+1;/p-1. The van der Waals surface area contributed by atoms with Gasteiger partial charge in [-0.25, -0.2) is 0 Å². The number of halogens is 1. The van der Waals surface area contributed by atoms with Gasteiger partial charge in [-0.05, 0) is 43.2 Å². The summed E-state index contributed by atoms with van der Waals surface area (Å²) in [6, 6.07) is 8.44. The van der Waals surface area contributed by atoms with Gasteiger partial charge in [-0.2, -0.15) is 0 Å². The van der Waals surface area contributed by atoms with E-state index in [4.69, 9.17) is 4.74 Å². The number of likely N-dealkylation sites (N-methyl/N-ethyl adjacent to an activating group) is 1. The van der Waals surface area contributed by atoms with Crippen molar-refractivity contribution >= 4 is 5.97 Å². The number of ether oxygens (including phenoxy) is 1. The first kappa shape index (κ1) is 28.1. The van der Waals surface area contributed by atoms with Gasteiger partial charge in [0, 0.05) is 0 Å². The fourth-order valence-electron chi connectivity index (χ4n) is 3.44. The fraction of sp³-hybridized carbons (Fsp3) is 0.720. The largest absolute Gasteiger partial charge is 1.00 e. The molecule has 0 aromatic heterocycles. The second-order valence-electron chi connectivity index (χ2n) is 9.02. The third-order valence-corrected chi connectivity index (χ3v) is 6.03. The van der Waals surface area contributed by atoms with E-state index in [9.17, 15) is 4.79 Å². The topological polar surface area (TPSA) is 26.3 Å². The maximum absolute atomic E-state index is 12.4. The highest BCUT2D eigenvalue weighted by Gasteiger charge is 2.20. The Bertz CT molecular complexity index is 556. The minimum absolute atomic E-state index is 0. The van der Waals surface area contributed by atoms with E-state index in [1.807, 2.05) is 6.92 Å². The molecule has 4 heteroatoms. The molecule has 0 spiro atoms. The summed E-state index contributed by atoms with van der Waals surface area (Å²) in [6.45, 7) is 11.2. The van der Waals surface area contributed by atoms with E-state index in [0.717, 1.165) is 29.6 Å². The molecule has 29 heavy (non-hydrogen) atoms. The maximum atomic E-state index is 12.4. The molecule has 0 N–H and O–H groups in total. The van der Waals surface area contributed by atoms with Crippen molar-refractivity contribution in [2.45, 2.75) is 84.5 Å². The maximum Gasteiger partial charge on any atom is 0.313 e. The van der Waals surface area contributed by atoms with Crippen molar-refractivity contribution in [2.24, 2.45) is 0 Å². The Morgan fingerprint density at radius 3 is 2.03 bits per heavy atom. The summed E-state index contributed by atoms with van der Waals surface area (Å²) in [6.07, 6.45) is 9.05. The Morgan fingerprint density at radius 2 is 1.45 bits per heavy atom. The molecule has 168 valence electrons. The molecule has 0 aliphatic rings. The van der Waals surface area contributed by atoms with Crippen molar-refractivity contribution in [3.8, 4) is 0 Å². The lowest BCUT2D eigenvalue weighted by atomic mass is 9.94. The van der Waals surface area contributed by atoms with Crippen molar-refractivity contribution in [1.82, 2.24) is 0 Å². The van der Waals surface area contributed by atoms with E-state index in [-0.39, 0.29) is 28.9 Å². The number of nitrogens with zero attached hydrogens (tertiary/aromatic N) is 1. The summed E-state index contributed by atoms with van der Waals surface area (Å²) in [7, 11) is 4.47. The van der Waals surface area contributed by atoms with E-state index in [0.29, 0.717) is 12.5 Å². The summed E-state index contributed by atoms with van der Waals surface area (Å²) >= 11 is 0. The van der Waals surface area contributed by atoms with Crippen LogP contribution in [0.1, 0.15) is 95.6 Å². The number of unbranched alkanes of at least 4 members (excludes halogenated alkanes) is 5. The number of esters is 1. The van der Waals surface area contributed by atoms with Gasteiger partial charge in [0.2, 0.25) is 0 Å². The number of rotatable bonds is 14. The van der Waals surface area contributed by atoms with Gasteiger partial charge >= 0.3 is 5.97 Å². The minimum Gasteiger partial charge on any atom is -1.00 e. The van der Waals surface area contributed by atoms with Gasteiger partial charge in [0.15, 0.2) is 0 Å². The lowest BCUT2D eigenvalue weighted by molar-refractivity contribution is -0.890. The van der Waals surface area contributed by atoms with Crippen LogP contribution in [-0.4, -0.2) is 44.2 Å². The average molecular weight is 471 g/mol. The average Bonchev–Trinajstić information content (AvgIpc) is 2.69. The zero-order valence-corrected chi connectivity index (χ0v) is 21.3. The fourth-order valence-corrected chi connectivity index (χ4v) is 3.44. The van der Waals surface area contributed by atoms with Gasteiger partial charge in [-0.1, -0.05) is 70.7 Å². The van der Waals surface area contributed by atoms with Gasteiger partial charge in [-0.3, -0.25) is 4.79 Å². The number of hydrogen-bond donors (Lipinski definition) is 0. The molecule has 0 fully saturated rings. The van der Waals surface area contributed by atoms with Crippen molar-refractivity contribution < 1.29 is 31.0 Å². The molecule has 0 saturated heterocycles. The molecule has 0 radical (unpaired) electrons. The van der Waals surface area contributed by atoms with Gasteiger partial charge in [0.05, 0.1) is 26.6 Å². The summed E-state index contributed by atoms with van der Waals surface area (Å²) < 4.78 is 6.51. The Kier molecular flexibility index (Phi) is 14.6. The van der Waals surface area contributed by atoms with Crippen LogP contribution >= 0.6 is 0 Å². The molecular formula is C25H44BrNO2. The van der Waals surface area contributed by atoms with Crippen LogP contribution < -0.4 is 17.0 Å². The number of quaternary nitrogens is 1. The molecule has 1 rings (SSSR count). The van der Waals surface area contributed by atoms with Gasteiger partial charge < -0.3 is 26.2 Å². The van der Waals surface area contributed by atoms with Gasteiger partial charge in [0.25, 0.3) is 0 Å². The Hall–Kier alpha value is -0.870. The first-order valence-electron chi connectivity index (χ1n) is 11.4. The number of hydrogen-bond acceptors (Lipinski definition) is 2. The summed E-state index contributed by atoms with van der Waals surface area (Å²) in [5.41, 5.74) is 2.37. The Balaban J connectivity index is 0.00000784. The van der Waals surface area contributed by atoms with Crippen molar-refractivity contribution in [3.63, 3.8) is 0 Å². The summed E-state index contributed by atoms with van der Waals surface area (Å²) in [4.78, 5) is 12.4. The van der Waals surface area contributed by atoms with Crippen LogP contribution in [0, 0.1) is 0 Å². The smallest absolute Gasteiger partial charge is 0.313 e. The first-order valence-corrected chi connectivity index (χ1v) is 11.4. The van der Waals surface area contributed by atoms with Gasteiger partial charge in [0.1, 0.15) is 13.2 Å². The molecule has 0 bridgehead atoms. The predicted molar refractivity (Wildman–Crippen MR) is 120 cm³/mol. The van der Waals surface area contributed by atoms with Crippen molar-refractivity contribution in [2.75, 3.05) is 33.8 Å². The van der Waals surface area contributed by atoms with Crippen LogP contribution in [-0.2, 0) is 9.53 Å². The third kappa shape index (κ3) is 11.2. The molecule has 1 aromatic carbocycles. The van der Waals surface area contributed by atoms with Crippen LogP contribution in [0.2, 0.25) is 0 Å². The molecule has 2 atom stereocenters. The second kappa shape index (κ2) is 15.0. The highest BCUT2D eigenvalue weighted by molar-refractivity contribution is 5.77. The summed E-state index contributed by atoms with van der Waals surface area (Å²) in [5.74, 6) is 0.235. The quantitative estimate of drug-likeness (QED) is 0.237. The Labute approximate surface area is 190 Å². The van der Waals surface area contributed by atoms with E-state index < -0.39 is 0 Å². The van der Waals surface area contributed by atoms with Crippen LogP contribution in [0.25, 0.3) is 0 Å². The first-order chi connectivity index (χ1) is 13.3. The Morgan fingerprint density at radius 1 is 0.897 bits per heavy atom. The molecule has 0 saturated carbocycles. The number of carbonyl (C=O) groups is 1. The number of carbonyl (C=O) groups excluding carboxylic acids is 1. The molecule has 0 aliphatic heterocycles. The van der Waals surface area contributed by atoms with E-state index in [2.05, 4.69) is 59.1 Å². The monoisotopic (exact) mass is 469 g/mol. The highest BCUT2D eigenvalue weighted by atomic mass is 79.9. The molecule has 0 aliphatic carbocycles. The minimum atomic E-state index is -0.208. The molecule has 0 amide bonds. The van der Waals surface area contributed by atoms with Crippen LogP contribution in [0.3, 0.4) is 0 Å². The van der Waals surface area contributed by atoms with Gasteiger partial charge in [-0.15, -0.1) is 0 Å². The summed E-state index contributed by atoms with van der Waals surface area (Å²) in [5, 5.41) is 0. The van der Waals surface area contributed by atoms with E-state index in [1.54, 1.807) is 0 Å². The molecular weight excluding hydrogens is 426 g/mol. The molecule has 0 heterocycles. The lowest BCUT2D eigenvalue weighted by Gasteiger charge is -2.29. The predicted octanol–water partition coefficient (Wildman–Crippen LogP) is 3.29. The number of benzene rings is 1. The van der Waals surface area contributed by atoms with E-state index >= 15 is 0 Å². The third-order valence-electron chi connectivity index (χ3n) is 6.03. The molecule has 3 nitrogen and oxygen atoms in total. The zero-order chi connectivity index (χ0) is 21.0. The normalized spacial score (nSPS) is 13.4.